The van der Waals surface area contributed by atoms with Gasteiger partial charge in [-0.2, -0.15) is 0 Å². The highest BCUT2D eigenvalue weighted by Gasteiger charge is 2.18. The van der Waals surface area contributed by atoms with Gasteiger partial charge in [0.15, 0.2) is 5.78 Å². The smallest absolute Gasteiger partial charge is 0.196 e. The SMILES string of the molecule is CN(C)c1ccc(/C=C(\C(=O)c2ccccc2)c2nc3ccccc3s2)cc1. The lowest BCUT2D eigenvalue weighted by Crippen LogP contribution is -2.08. The van der Waals surface area contributed by atoms with Gasteiger partial charge in [0, 0.05) is 25.3 Å². The van der Waals surface area contributed by atoms with Crippen molar-refractivity contribution < 1.29 is 4.79 Å². The summed E-state index contributed by atoms with van der Waals surface area (Å²) in [6.07, 6.45) is 1.94. The summed E-state index contributed by atoms with van der Waals surface area (Å²) < 4.78 is 1.08. The average molecular weight is 385 g/mol. The average Bonchev–Trinajstić information content (AvgIpc) is 3.16. The molecule has 4 heteroatoms. The normalized spacial score (nSPS) is 11.6. The topological polar surface area (TPSA) is 33.2 Å². The molecule has 0 aliphatic rings. The molecule has 0 aliphatic heterocycles. The molecule has 4 aromatic rings. The van der Waals surface area contributed by atoms with Crippen LogP contribution in [0.25, 0.3) is 21.9 Å². The fourth-order valence-electron chi connectivity index (χ4n) is 2.99. The molecule has 3 nitrogen and oxygen atoms in total. The zero-order valence-corrected chi connectivity index (χ0v) is 16.6. The Morgan fingerprint density at radius 3 is 2.25 bits per heavy atom. The number of Topliss-reactive ketones (excluding diaryl/α,β-unsaturated/α-hetero) is 1. The number of nitrogens with zero attached hydrogens (tertiary/aromatic N) is 2. The van der Waals surface area contributed by atoms with Crippen molar-refractivity contribution in [2.45, 2.75) is 0 Å². The van der Waals surface area contributed by atoms with Crippen molar-refractivity contribution in [1.82, 2.24) is 4.98 Å². The maximum Gasteiger partial charge on any atom is 0.196 e. The lowest BCUT2D eigenvalue weighted by Gasteiger charge is -2.12. The van der Waals surface area contributed by atoms with Crippen LogP contribution in [0, 0.1) is 0 Å². The number of aromatic nitrogens is 1. The van der Waals surface area contributed by atoms with Crippen LogP contribution in [0.15, 0.2) is 78.9 Å². The van der Waals surface area contributed by atoms with E-state index in [0.29, 0.717) is 11.1 Å². The van der Waals surface area contributed by atoms with Crippen molar-refractivity contribution in [3.63, 3.8) is 0 Å². The molecule has 0 atom stereocenters. The third-order valence-electron chi connectivity index (χ3n) is 4.53. The summed E-state index contributed by atoms with van der Waals surface area (Å²) in [5.74, 6) is -0.0173. The molecule has 0 spiro atoms. The summed E-state index contributed by atoms with van der Waals surface area (Å²) in [5, 5.41) is 0.742. The van der Waals surface area contributed by atoms with Gasteiger partial charge in [-0.05, 0) is 35.9 Å². The Hall–Kier alpha value is -3.24. The van der Waals surface area contributed by atoms with Crippen molar-refractivity contribution in [3.8, 4) is 0 Å². The summed E-state index contributed by atoms with van der Waals surface area (Å²) >= 11 is 1.55. The third kappa shape index (κ3) is 3.73. The van der Waals surface area contributed by atoms with E-state index in [1.165, 1.54) is 0 Å². The van der Waals surface area contributed by atoms with E-state index >= 15 is 0 Å². The molecule has 0 saturated heterocycles. The number of benzene rings is 3. The van der Waals surface area contributed by atoms with Crippen molar-refractivity contribution in [3.05, 3.63) is 95.0 Å². The third-order valence-corrected chi connectivity index (χ3v) is 5.60. The summed E-state index contributed by atoms with van der Waals surface area (Å²) in [6.45, 7) is 0. The number of carbonyl (C=O) groups is 1. The van der Waals surface area contributed by atoms with Gasteiger partial charge in [-0.1, -0.05) is 54.6 Å². The molecule has 28 heavy (non-hydrogen) atoms. The number of anilines is 1. The Labute approximate surface area is 168 Å². The first-order valence-corrected chi connectivity index (χ1v) is 9.88. The zero-order valence-electron chi connectivity index (χ0n) is 15.8. The standard InChI is InChI=1S/C24H20N2OS/c1-26(2)19-14-12-17(13-15-19)16-20(23(27)18-8-4-3-5-9-18)24-25-21-10-6-7-11-22(21)28-24/h3-16H,1-2H3/b20-16+. The van der Waals surface area contributed by atoms with Gasteiger partial charge in [-0.15, -0.1) is 11.3 Å². The quantitative estimate of drug-likeness (QED) is 0.323. The monoisotopic (exact) mass is 384 g/mol. The van der Waals surface area contributed by atoms with Crippen molar-refractivity contribution in [2.75, 3.05) is 19.0 Å². The highest BCUT2D eigenvalue weighted by molar-refractivity contribution is 7.20. The van der Waals surface area contributed by atoms with Crippen LogP contribution in [0.4, 0.5) is 5.69 Å². The summed E-state index contributed by atoms with van der Waals surface area (Å²) in [7, 11) is 4.02. The molecular formula is C24H20N2OS. The predicted octanol–water partition coefficient (Wildman–Crippen LogP) is 5.79. The van der Waals surface area contributed by atoms with E-state index in [4.69, 9.17) is 4.98 Å². The molecule has 0 aliphatic carbocycles. The van der Waals surface area contributed by atoms with Gasteiger partial charge in [-0.25, -0.2) is 4.98 Å². The summed E-state index contributed by atoms with van der Waals surface area (Å²) in [5.41, 5.74) is 4.29. The molecule has 1 aromatic heterocycles. The molecule has 0 unspecified atom stereocenters. The number of fused-ring (bicyclic) bond motifs is 1. The molecule has 0 fully saturated rings. The first kappa shape index (κ1) is 18.1. The number of carbonyl (C=O) groups excluding carboxylic acids is 1. The lowest BCUT2D eigenvalue weighted by molar-refractivity contribution is 0.105. The first-order chi connectivity index (χ1) is 13.6. The number of hydrogen-bond acceptors (Lipinski definition) is 4. The van der Waals surface area contributed by atoms with Gasteiger partial charge in [-0.3, -0.25) is 4.79 Å². The molecule has 0 bridgehead atoms. The Morgan fingerprint density at radius 1 is 0.893 bits per heavy atom. The molecule has 0 radical (unpaired) electrons. The molecule has 0 N–H and O–H groups in total. The second-order valence-electron chi connectivity index (χ2n) is 6.73. The minimum absolute atomic E-state index is 0.0173. The number of thiazole rings is 1. The van der Waals surface area contributed by atoms with Crippen molar-refractivity contribution in [1.29, 1.82) is 0 Å². The van der Waals surface area contributed by atoms with E-state index in [0.717, 1.165) is 26.5 Å². The van der Waals surface area contributed by atoms with Crippen LogP contribution in [-0.2, 0) is 0 Å². The first-order valence-electron chi connectivity index (χ1n) is 9.06. The van der Waals surface area contributed by atoms with Crippen LogP contribution >= 0.6 is 11.3 Å². The zero-order chi connectivity index (χ0) is 19.5. The molecule has 4 rings (SSSR count). The lowest BCUT2D eigenvalue weighted by atomic mass is 10.0. The van der Waals surface area contributed by atoms with E-state index in [2.05, 4.69) is 17.0 Å². The largest absolute Gasteiger partial charge is 0.378 e. The number of hydrogen-bond donors (Lipinski definition) is 0. The van der Waals surface area contributed by atoms with Crippen molar-refractivity contribution in [2.24, 2.45) is 0 Å². The Kier molecular flexibility index (Phi) is 5.04. The van der Waals surface area contributed by atoms with Gasteiger partial charge in [0.2, 0.25) is 0 Å². The Bertz CT molecular complexity index is 1110. The second-order valence-corrected chi connectivity index (χ2v) is 7.76. The minimum Gasteiger partial charge on any atom is -0.378 e. The minimum atomic E-state index is -0.0173. The van der Waals surface area contributed by atoms with E-state index in [-0.39, 0.29) is 5.78 Å². The van der Waals surface area contributed by atoms with Crippen molar-refractivity contribution >= 4 is 44.7 Å². The number of allylic oxidation sites excluding steroid dienone is 1. The number of para-hydroxylation sites is 1. The summed E-state index contributed by atoms with van der Waals surface area (Å²) in [4.78, 5) is 20.1. The van der Waals surface area contributed by atoms with Gasteiger partial charge >= 0.3 is 0 Å². The molecule has 1 heterocycles. The van der Waals surface area contributed by atoms with Crippen LogP contribution in [-0.4, -0.2) is 24.9 Å². The maximum absolute atomic E-state index is 13.3. The molecule has 138 valence electrons. The van der Waals surface area contributed by atoms with Crippen LogP contribution < -0.4 is 4.90 Å². The van der Waals surface area contributed by atoms with Gasteiger partial charge in [0.25, 0.3) is 0 Å². The van der Waals surface area contributed by atoms with E-state index in [9.17, 15) is 4.79 Å². The molecule has 3 aromatic carbocycles. The Balaban J connectivity index is 1.82. The van der Waals surface area contributed by atoms with Gasteiger partial charge in [0.1, 0.15) is 5.01 Å². The summed E-state index contributed by atoms with van der Waals surface area (Å²) in [6, 6.07) is 25.5. The van der Waals surface area contributed by atoms with Crippen LogP contribution in [0.5, 0.6) is 0 Å². The Morgan fingerprint density at radius 2 is 1.57 bits per heavy atom. The highest BCUT2D eigenvalue weighted by atomic mass is 32.1. The molecule has 0 saturated carbocycles. The highest BCUT2D eigenvalue weighted by Crippen LogP contribution is 2.31. The van der Waals surface area contributed by atoms with Gasteiger partial charge in [0.05, 0.1) is 15.8 Å². The van der Waals surface area contributed by atoms with Crippen LogP contribution in [0.3, 0.4) is 0 Å². The second kappa shape index (κ2) is 7.79. The van der Waals surface area contributed by atoms with Crippen LogP contribution in [0.2, 0.25) is 0 Å². The number of rotatable bonds is 5. The van der Waals surface area contributed by atoms with E-state index in [1.54, 1.807) is 11.3 Å². The van der Waals surface area contributed by atoms with E-state index in [1.807, 2.05) is 86.9 Å². The molecule has 0 amide bonds. The number of ketones is 1. The fourth-order valence-corrected chi connectivity index (χ4v) is 3.97. The van der Waals surface area contributed by atoms with E-state index < -0.39 is 0 Å². The predicted molar refractivity (Wildman–Crippen MR) is 119 cm³/mol. The maximum atomic E-state index is 13.3. The van der Waals surface area contributed by atoms with Crippen LogP contribution in [0.1, 0.15) is 20.9 Å². The molecular weight excluding hydrogens is 364 g/mol. The van der Waals surface area contributed by atoms with Gasteiger partial charge < -0.3 is 4.90 Å². The fraction of sp³-hybridized carbons (Fsp3) is 0.0833.